The molecule has 0 radical (unpaired) electrons. The van der Waals surface area contributed by atoms with E-state index in [-0.39, 0.29) is 0 Å². The Morgan fingerprint density at radius 3 is 2.80 bits per heavy atom. The molecule has 0 aliphatic rings. The molecule has 3 nitrogen and oxygen atoms in total. The summed E-state index contributed by atoms with van der Waals surface area (Å²) >= 11 is 7.69. The van der Waals surface area contributed by atoms with E-state index in [1.54, 1.807) is 18.0 Å². The van der Waals surface area contributed by atoms with Crippen molar-refractivity contribution in [2.24, 2.45) is 0 Å². The Bertz CT molecular complexity index is 484. The Hall–Kier alpha value is -1.13. The van der Waals surface area contributed by atoms with Gasteiger partial charge in [-0.3, -0.25) is 0 Å². The van der Waals surface area contributed by atoms with Gasteiger partial charge in [0.15, 0.2) is 0 Å². The average Bonchev–Trinajstić information content (AvgIpc) is 2.64. The molecule has 0 fully saturated rings. The van der Waals surface area contributed by atoms with Crippen molar-refractivity contribution in [2.75, 3.05) is 12.0 Å². The highest BCUT2D eigenvalue weighted by molar-refractivity contribution is 7.98. The fourth-order valence-corrected chi connectivity index (χ4v) is 2.17. The van der Waals surface area contributed by atoms with Crippen LogP contribution in [0.4, 0.5) is 5.88 Å². The lowest BCUT2D eigenvalue weighted by Gasteiger charge is -2.03. The fourth-order valence-electron chi connectivity index (χ4n) is 1.30. The minimum atomic E-state index is 0.308. The molecule has 0 saturated carbocycles. The van der Waals surface area contributed by atoms with E-state index in [2.05, 4.69) is 5.16 Å². The van der Waals surface area contributed by atoms with Gasteiger partial charge in [0, 0.05) is 4.90 Å². The van der Waals surface area contributed by atoms with E-state index in [9.17, 15) is 0 Å². The van der Waals surface area contributed by atoms with Crippen molar-refractivity contribution in [3.8, 4) is 11.1 Å². The second-order valence-electron chi connectivity index (χ2n) is 2.95. The van der Waals surface area contributed by atoms with Crippen molar-refractivity contribution in [1.29, 1.82) is 0 Å². The molecule has 1 aromatic heterocycles. The minimum Gasteiger partial charge on any atom is -0.367 e. The summed E-state index contributed by atoms with van der Waals surface area (Å²) in [4.78, 5) is 1.04. The van der Waals surface area contributed by atoms with E-state index in [0.29, 0.717) is 10.9 Å². The van der Waals surface area contributed by atoms with Gasteiger partial charge in [-0.1, -0.05) is 22.8 Å². The van der Waals surface area contributed by atoms with Crippen molar-refractivity contribution in [2.45, 2.75) is 4.90 Å². The second kappa shape index (κ2) is 4.16. The number of benzene rings is 1. The molecule has 0 spiro atoms. The Morgan fingerprint density at radius 2 is 2.27 bits per heavy atom. The third-order valence-electron chi connectivity index (χ3n) is 2.06. The van der Waals surface area contributed by atoms with Crippen LogP contribution < -0.4 is 5.73 Å². The van der Waals surface area contributed by atoms with Crippen LogP contribution in [0.15, 0.2) is 33.8 Å². The summed E-state index contributed by atoms with van der Waals surface area (Å²) in [6.07, 6.45) is 3.56. The summed E-state index contributed by atoms with van der Waals surface area (Å²) < 4.78 is 4.79. The molecule has 0 bridgehead atoms. The minimum absolute atomic E-state index is 0.308. The lowest BCUT2D eigenvalue weighted by Crippen LogP contribution is -1.85. The number of rotatable bonds is 2. The number of anilines is 1. The molecule has 0 unspecified atom stereocenters. The topological polar surface area (TPSA) is 52.0 Å². The average molecular weight is 241 g/mol. The fraction of sp³-hybridized carbons (Fsp3) is 0.100. The van der Waals surface area contributed by atoms with E-state index in [1.807, 2.05) is 24.5 Å². The molecule has 0 amide bonds. The van der Waals surface area contributed by atoms with Crippen molar-refractivity contribution in [3.63, 3.8) is 0 Å². The molecule has 0 aliphatic carbocycles. The largest absolute Gasteiger partial charge is 0.367 e. The quantitative estimate of drug-likeness (QED) is 0.819. The van der Waals surface area contributed by atoms with Crippen LogP contribution in [0, 0.1) is 0 Å². The summed E-state index contributed by atoms with van der Waals surface area (Å²) in [6, 6.07) is 5.76. The number of hydrogen-bond donors (Lipinski definition) is 1. The zero-order valence-electron chi connectivity index (χ0n) is 8.03. The Labute approximate surface area is 96.6 Å². The van der Waals surface area contributed by atoms with Gasteiger partial charge < -0.3 is 10.3 Å². The summed E-state index contributed by atoms with van der Waals surface area (Å²) in [5, 5.41) is 4.33. The van der Waals surface area contributed by atoms with Crippen LogP contribution in [0.2, 0.25) is 5.02 Å². The summed E-state index contributed by atoms with van der Waals surface area (Å²) in [5.74, 6) is 0.308. The lowest BCUT2D eigenvalue weighted by atomic mass is 10.1. The normalized spacial score (nSPS) is 10.5. The van der Waals surface area contributed by atoms with Crippen LogP contribution in [0.1, 0.15) is 0 Å². The third kappa shape index (κ3) is 1.96. The first-order valence-electron chi connectivity index (χ1n) is 4.26. The Morgan fingerprint density at radius 1 is 1.47 bits per heavy atom. The standard InChI is InChI=1S/C10H9ClN2OS/c1-15-9-3-2-6(4-8(9)11)7-5-13-14-10(7)12/h2-5H,12H2,1H3. The van der Waals surface area contributed by atoms with Gasteiger partial charge in [0.05, 0.1) is 16.8 Å². The van der Waals surface area contributed by atoms with Crippen molar-refractivity contribution < 1.29 is 4.52 Å². The number of halogens is 1. The van der Waals surface area contributed by atoms with Gasteiger partial charge in [-0.2, -0.15) is 0 Å². The Balaban J connectivity index is 2.47. The number of thioether (sulfide) groups is 1. The molecule has 78 valence electrons. The maximum absolute atomic E-state index is 6.09. The molecule has 0 aliphatic heterocycles. The third-order valence-corrected chi connectivity index (χ3v) is 3.28. The predicted octanol–water partition coefficient (Wildman–Crippen LogP) is 3.30. The lowest BCUT2D eigenvalue weighted by molar-refractivity contribution is 0.436. The van der Waals surface area contributed by atoms with Crippen LogP contribution in [0.3, 0.4) is 0 Å². The number of nitrogens with zero attached hydrogens (tertiary/aromatic N) is 1. The molecule has 2 N–H and O–H groups in total. The molecule has 2 rings (SSSR count). The van der Waals surface area contributed by atoms with Crippen LogP contribution in [0.5, 0.6) is 0 Å². The molecule has 1 aromatic carbocycles. The molecular weight excluding hydrogens is 232 g/mol. The molecule has 0 saturated heterocycles. The SMILES string of the molecule is CSc1ccc(-c2cnoc2N)cc1Cl. The van der Waals surface area contributed by atoms with Gasteiger partial charge in [-0.05, 0) is 24.0 Å². The zero-order valence-corrected chi connectivity index (χ0v) is 9.60. The van der Waals surface area contributed by atoms with E-state index < -0.39 is 0 Å². The Kier molecular flexibility index (Phi) is 2.88. The molecular formula is C10H9ClN2OS. The van der Waals surface area contributed by atoms with Crippen LogP contribution in [-0.2, 0) is 0 Å². The van der Waals surface area contributed by atoms with Crippen molar-refractivity contribution in [1.82, 2.24) is 5.16 Å². The zero-order chi connectivity index (χ0) is 10.8. The summed E-state index contributed by atoms with van der Waals surface area (Å²) in [7, 11) is 0. The number of nitrogen functional groups attached to an aromatic ring is 1. The number of aromatic nitrogens is 1. The van der Waals surface area contributed by atoms with Crippen molar-refractivity contribution in [3.05, 3.63) is 29.4 Å². The van der Waals surface area contributed by atoms with Gasteiger partial charge in [-0.15, -0.1) is 11.8 Å². The monoisotopic (exact) mass is 240 g/mol. The van der Waals surface area contributed by atoms with Crippen LogP contribution in [-0.4, -0.2) is 11.4 Å². The predicted molar refractivity (Wildman–Crippen MR) is 63.1 cm³/mol. The highest BCUT2D eigenvalue weighted by atomic mass is 35.5. The van der Waals surface area contributed by atoms with E-state index in [0.717, 1.165) is 16.0 Å². The van der Waals surface area contributed by atoms with Gasteiger partial charge in [-0.25, -0.2) is 0 Å². The maximum atomic E-state index is 6.09. The number of hydrogen-bond acceptors (Lipinski definition) is 4. The van der Waals surface area contributed by atoms with Gasteiger partial charge in [0.25, 0.3) is 0 Å². The van der Waals surface area contributed by atoms with E-state index in [4.69, 9.17) is 21.9 Å². The second-order valence-corrected chi connectivity index (χ2v) is 4.21. The van der Waals surface area contributed by atoms with E-state index in [1.165, 1.54) is 0 Å². The van der Waals surface area contributed by atoms with E-state index >= 15 is 0 Å². The first kappa shape index (κ1) is 10.4. The van der Waals surface area contributed by atoms with Crippen LogP contribution in [0.25, 0.3) is 11.1 Å². The van der Waals surface area contributed by atoms with Gasteiger partial charge >= 0.3 is 0 Å². The molecule has 0 atom stereocenters. The highest BCUT2D eigenvalue weighted by Gasteiger charge is 2.08. The first-order valence-corrected chi connectivity index (χ1v) is 5.86. The number of nitrogens with two attached hydrogens (primary N) is 1. The van der Waals surface area contributed by atoms with Crippen LogP contribution >= 0.6 is 23.4 Å². The molecule has 1 heterocycles. The molecule has 15 heavy (non-hydrogen) atoms. The highest BCUT2D eigenvalue weighted by Crippen LogP contribution is 2.32. The first-order chi connectivity index (χ1) is 7.22. The maximum Gasteiger partial charge on any atom is 0.229 e. The summed E-state index contributed by atoms with van der Waals surface area (Å²) in [6.45, 7) is 0. The summed E-state index contributed by atoms with van der Waals surface area (Å²) in [5.41, 5.74) is 7.30. The van der Waals surface area contributed by atoms with Crippen molar-refractivity contribution >= 4 is 29.2 Å². The van der Waals surface area contributed by atoms with Gasteiger partial charge in [0.1, 0.15) is 0 Å². The molecule has 2 aromatic rings. The van der Waals surface area contributed by atoms with Gasteiger partial charge in [0.2, 0.25) is 5.88 Å². The molecule has 5 heteroatoms. The smallest absolute Gasteiger partial charge is 0.229 e.